The molecule has 1 aliphatic heterocycles. The first-order chi connectivity index (χ1) is 8.74. The van der Waals surface area contributed by atoms with E-state index in [2.05, 4.69) is 18.1 Å². The summed E-state index contributed by atoms with van der Waals surface area (Å²) in [7, 11) is 0. The van der Waals surface area contributed by atoms with Crippen molar-refractivity contribution >= 4 is 0 Å². The molecular weight excluding hydrogens is 225 g/mol. The normalized spacial score (nSPS) is 16.7. The van der Waals surface area contributed by atoms with Gasteiger partial charge in [0.2, 0.25) is 0 Å². The maximum atomic E-state index is 13.6. The summed E-state index contributed by atoms with van der Waals surface area (Å²) in [4.78, 5) is 2.24. The van der Waals surface area contributed by atoms with Crippen molar-refractivity contribution < 1.29 is 4.39 Å². The number of allylic oxidation sites excluding steroid dienone is 1. The largest absolute Gasteiger partial charge is 0.294 e. The topological polar surface area (TPSA) is 3.24 Å². The third-order valence-corrected chi connectivity index (χ3v) is 3.35. The van der Waals surface area contributed by atoms with Crippen molar-refractivity contribution in [3.63, 3.8) is 0 Å². The number of hydrogen-bond donors (Lipinski definition) is 0. The Morgan fingerprint density at radius 3 is 2.56 bits per heavy atom. The predicted molar refractivity (Wildman–Crippen MR) is 73.7 cm³/mol. The van der Waals surface area contributed by atoms with Crippen molar-refractivity contribution in [2.45, 2.75) is 13.0 Å². The van der Waals surface area contributed by atoms with E-state index in [0.717, 1.165) is 25.1 Å². The number of benzene rings is 1. The minimum absolute atomic E-state index is 0.129. The van der Waals surface area contributed by atoms with Crippen LogP contribution in [0.3, 0.4) is 0 Å². The van der Waals surface area contributed by atoms with Crippen molar-refractivity contribution in [2.24, 2.45) is 0 Å². The third kappa shape index (κ3) is 2.77. The minimum Gasteiger partial charge on any atom is -0.294 e. The van der Waals surface area contributed by atoms with Crippen LogP contribution in [0, 0.1) is 5.82 Å². The van der Waals surface area contributed by atoms with Crippen molar-refractivity contribution in [1.29, 1.82) is 0 Å². The molecular formula is C16H18FN. The highest BCUT2D eigenvalue weighted by Crippen LogP contribution is 2.21. The molecule has 1 aromatic carbocycles. The van der Waals surface area contributed by atoms with Crippen molar-refractivity contribution in [1.82, 2.24) is 4.90 Å². The van der Waals surface area contributed by atoms with Gasteiger partial charge in [0.15, 0.2) is 0 Å². The second kappa shape index (κ2) is 5.78. The smallest absolute Gasteiger partial charge is 0.127 e. The lowest BCUT2D eigenvalue weighted by Crippen LogP contribution is -2.31. The first-order valence-corrected chi connectivity index (χ1v) is 6.17. The molecule has 94 valence electrons. The Kier molecular flexibility index (Phi) is 4.11. The van der Waals surface area contributed by atoms with Gasteiger partial charge in [-0.1, -0.05) is 43.5 Å². The lowest BCUT2D eigenvalue weighted by atomic mass is 9.99. The second-order valence-corrected chi connectivity index (χ2v) is 4.51. The van der Waals surface area contributed by atoms with Gasteiger partial charge in [-0.2, -0.15) is 0 Å². The quantitative estimate of drug-likeness (QED) is 0.779. The third-order valence-electron chi connectivity index (χ3n) is 3.35. The van der Waals surface area contributed by atoms with Gasteiger partial charge in [0.1, 0.15) is 5.82 Å². The fraction of sp³-hybridized carbons (Fsp3) is 0.250. The van der Waals surface area contributed by atoms with Gasteiger partial charge in [-0.3, -0.25) is 4.90 Å². The van der Waals surface area contributed by atoms with E-state index in [-0.39, 0.29) is 5.82 Å². The second-order valence-electron chi connectivity index (χ2n) is 4.51. The Morgan fingerprint density at radius 1 is 1.17 bits per heavy atom. The van der Waals surface area contributed by atoms with Gasteiger partial charge in [-0.25, -0.2) is 4.39 Å². The molecule has 2 rings (SSSR count). The Hall–Kier alpha value is -1.67. The molecule has 0 radical (unpaired) electrons. The summed E-state index contributed by atoms with van der Waals surface area (Å²) < 4.78 is 13.6. The van der Waals surface area contributed by atoms with Crippen molar-refractivity contribution in [2.75, 3.05) is 13.1 Å². The standard InChI is InChI=1S/C16H18FN/c1-3-13-9-10-18(11-14(13)4-2)12-15-7-5-6-8-16(15)17/h3-8H,1-2,9-12H2. The molecule has 0 aromatic heterocycles. The summed E-state index contributed by atoms with van der Waals surface area (Å²) in [6.45, 7) is 10.1. The Labute approximate surface area is 108 Å². The van der Waals surface area contributed by atoms with Crippen LogP contribution in [0.15, 0.2) is 60.7 Å². The maximum absolute atomic E-state index is 13.6. The fourth-order valence-corrected chi connectivity index (χ4v) is 2.29. The highest BCUT2D eigenvalue weighted by Gasteiger charge is 2.16. The zero-order chi connectivity index (χ0) is 13.0. The first-order valence-electron chi connectivity index (χ1n) is 6.17. The molecule has 0 atom stereocenters. The van der Waals surface area contributed by atoms with Crippen LogP contribution in [-0.2, 0) is 6.54 Å². The molecule has 0 spiro atoms. The van der Waals surface area contributed by atoms with E-state index in [9.17, 15) is 4.39 Å². The summed E-state index contributed by atoms with van der Waals surface area (Å²) in [6.07, 6.45) is 4.74. The molecule has 0 N–H and O–H groups in total. The van der Waals surface area contributed by atoms with Crippen LogP contribution in [-0.4, -0.2) is 18.0 Å². The summed E-state index contributed by atoms with van der Waals surface area (Å²) in [5.41, 5.74) is 3.21. The lowest BCUT2D eigenvalue weighted by molar-refractivity contribution is 0.277. The number of hydrogen-bond acceptors (Lipinski definition) is 1. The fourth-order valence-electron chi connectivity index (χ4n) is 2.29. The molecule has 18 heavy (non-hydrogen) atoms. The van der Waals surface area contributed by atoms with Crippen LogP contribution in [0.4, 0.5) is 4.39 Å². The molecule has 0 amide bonds. The van der Waals surface area contributed by atoms with Gasteiger partial charge in [0.05, 0.1) is 0 Å². The van der Waals surface area contributed by atoms with E-state index in [4.69, 9.17) is 0 Å². The van der Waals surface area contributed by atoms with Crippen LogP contribution in [0.25, 0.3) is 0 Å². The molecule has 0 fully saturated rings. The highest BCUT2D eigenvalue weighted by atomic mass is 19.1. The molecule has 0 unspecified atom stereocenters. The Bertz CT molecular complexity index is 488. The van der Waals surface area contributed by atoms with E-state index in [1.54, 1.807) is 6.07 Å². The lowest BCUT2D eigenvalue weighted by Gasteiger charge is -2.29. The van der Waals surface area contributed by atoms with E-state index in [0.29, 0.717) is 6.54 Å². The molecule has 0 aliphatic carbocycles. The van der Waals surface area contributed by atoms with E-state index >= 15 is 0 Å². The van der Waals surface area contributed by atoms with Gasteiger partial charge in [0, 0.05) is 25.2 Å². The van der Waals surface area contributed by atoms with Crippen molar-refractivity contribution in [3.8, 4) is 0 Å². The van der Waals surface area contributed by atoms with Gasteiger partial charge in [-0.15, -0.1) is 0 Å². The van der Waals surface area contributed by atoms with Crippen LogP contribution < -0.4 is 0 Å². The molecule has 0 saturated heterocycles. The van der Waals surface area contributed by atoms with E-state index < -0.39 is 0 Å². The first kappa shape index (κ1) is 12.8. The van der Waals surface area contributed by atoms with Crippen LogP contribution in [0.2, 0.25) is 0 Å². The molecule has 1 heterocycles. The maximum Gasteiger partial charge on any atom is 0.127 e. The van der Waals surface area contributed by atoms with Gasteiger partial charge >= 0.3 is 0 Å². The SMILES string of the molecule is C=CC1=C(C=C)CN(Cc2ccccc2F)CC1. The van der Waals surface area contributed by atoms with Gasteiger partial charge in [-0.05, 0) is 23.6 Å². The predicted octanol–water partition coefficient (Wildman–Crippen LogP) is 3.70. The number of rotatable bonds is 4. The molecule has 1 aliphatic rings. The van der Waals surface area contributed by atoms with Gasteiger partial charge < -0.3 is 0 Å². The van der Waals surface area contributed by atoms with E-state index in [1.165, 1.54) is 17.2 Å². The molecule has 1 aromatic rings. The summed E-state index contributed by atoms with van der Waals surface area (Å²) in [6, 6.07) is 6.95. The van der Waals surface area contributed by atoms with Crippen LogP contribution in [0.5, 0.6) is 0 Å². The zero-order valence-corrected chi connectivity index (χ0v) is 10.5. The summed E-state index contributed by atoms with van der Waals surface area (Å²) >= 11 is 0. The molecule has 0 saturated carbocycles. The number of nitrogens with zero attached hydrogens (tertiary/aromatic N) is 1. The highest BCUT2D eigenvalue weighted by molar-refractivity contribution is 5.34. The molecule has 0 bridgehead atoms. The average molecular weight is 243 g/mol. The molecule has 1 nitrogen and oxygen atoms in total. The van der Waals surface area contributed by atoms with Gasteiger partial charge in [0.25, 0.3) is 0 Å². The van der Waals surface area contributed by atoms with Crippen molar-refractivity contribution in [3.05, 3.63) is 72.1 Å². The molecule has 2 heteroatoms. The number of halogens is 1. The zero-order valence-electron chi connectivity index (χ0n) is 10.5. The monoisotopic (exact) mass is 243 g/mol. The minimum atomic E-state index is -0.129. The summed E-state index contributed by atoms with van der Waals surface area (Å²) in [5.74, 6) is -0.129. The Morgan fingerprint density at radius 2 is 1.89 bits per heavy atom. The summed E-state index contributed by atoms with van der Waals surface area (Å²) in [5, 5.41) is 0. The van der Waals surface area contributed by atoms with Crippen LogP contribution >= 0.6 is 0 Å². The van der Waals surface area contributed by atoms with Crippen LogP contribution in [0.1, 0.15) is 12.0 Å². The average Bonchev–Trinajstić information content (AvgIpc) is 2.41. The Balaban J connectivity index is 2.10. The van der Waals surface area contributed by atoms with E-state index in [1.807, 2.05) is 24.3 Å².